The average molecular weight is 303 g/mol. The minimum atomic E-state index is -1.69. The summed E-state index contributed by atoms with van der Waals surface area (Å²) < 4.78 is 53.7. The highest BCUT2D eigenvalue weighted by Crippen LogP contribution is 2.24. The quantitative estimate of drug-likeness (QED) is 0.650. The molecule has 1 aromatic heterocycles. The first-order valence-electron chi connectivity index (χ1n) is 5.64. The van der Waals surface area contributed by atoms with Crippen molar-refractivity contribution >= 4 is 11.6 Å². The Labute approximate surface area is 115 Å². The number of aromatic nitrogens is 3. The fourth-order valence-corrected chi connectivity index (χ4v) is 1.52. The summed E-state index contributed by atoms with van der Waals surface area (Å²) in [4.78, 5) is 11.6. The van der Waals surface area contributed by atoms with Gasteiger partial charge in [-0.2, -0.15) is 0 Å². The van der Waals surface area contributed by atoms with Crippen LogP contribution in [0.1, 0.15) is 5.69 Å². The Balaban J connectivity index is 2.16. The summed E-state index contributed by atoms with van der Waals surface area (Å²) in [7, 11) is 0. The van der Waals surface area contributed by atoms with E-state index in [0.717, 1.165) is 4.68 Å². The third kappa shape index (κ3) is 3.16. The lowest BCUT2D eigenvalue weighted by Crippen LogP contribution is -2.21. The first-order valence-corrected chi connectivity index (χ1v) is 5.64. The summed E-state index contributed by atoms with van der Waals surface area (Å²) in [5, 5.41) is 8.88. The molecular weight excluding hydrogens is 294 g/mol. The van der Waals surface area contributed by atoms with Crippen LogP contribution >= 0.6 is 0 Å². The van der Waals surface area contributed by atoms with E-state index in [1.165, 1.54) is 6.20 Å². The van der Waals surface area contributed by atoms with Gasteiger partial charge in [0.25, 0.3) is 0 Å². The number of nitrogens with one attached hydrogen (secondary N) is 1. The third-order valence-corrected chi connectivity index (χ3v) is 2.48. The molecule has 0 saturated heterocycles. The maximum absolute atomic E-state index is 13.4. The number of halogens is 4. The number of rotatable bonds is 4. The van der Waals surface area contributed by atoms with Crippen LogP contribution in [0, 0.1) is 23.3 Å². The summed E-state index contributed by atoms with van der Waals surface area (Å²) >= 11 is 0. The van der Waals surface area contributed by atoms with E-state index in [2.05, 4.69) is 10.3 Å². The first-order chi connectivity index (χ1) is 9.92. The molecule has 21 heavy (non-hydrogen) atoms. The molecule has 112 valence electrons. The van der Waals surface area contributed by atoms with E-state index in [0.29, 0.717) is 5.69 Å². The first kappa shape index (κ1) is 14.9. The van der Waals surface area contributed by atoms with Gasteiger partial charge in [-0.05, 0) is 0 Å². The highest BCUT2D eigenvalue weighted by molar-refractivity contribution is 5.90. The maximum atomic E-state index is 13.4. The van der Waals surface area contributed by atoms with Gasteiger partial charge < -0.3 is 11.1 Å². The van der Waals surface area contributed by atoms with Crippen molar-refractivity contribution in [1.29, 1.82) is 0 Å². The summed E-state index contributed by atoms with van der Waals surface area (Å²) in [6, 6.07) is 0.0469. The van der Waals surface area contributed by atoms with Crippen LogP contribution in [0.4, 0.5) is 23.2 Å². The van der Waals surface area contributed by atoms with Crippen LogP contribution in [0.2, 0.25) is 0 Å². The summed E-state index contributed by atoms with van der Waals surface area (Å²) in [5.74, 6) is -7.55. The van der Waals surface area contributed by atoms with E-state index in [1.807, 2.05) is 0 Å². The Hall–Kier alpha value is -2.49. The number of hydrogen-bond donors (Lipinski definition) is 2. The monoisotopic (exact) mass is 303 g/mol. The minimum absolute atomic E-state index is 0.0469. The van der Waals surface area contributed by atoms with Crippen molar-refractivity contribution in [1.82, 2.24) is 15.0 Å². The molecule has 1 amide bonds. The Kier molecular flexibility index (Phi) is 4.17. The van der Waals surface area contributed by atoms with Crippen LogP contribution in [0.15, 0.2) is 12.3 Å². The molecule has 0 fully saturated rings. The molecule has 0 aliphatic heterocycles. The lowest BCUT2D eigenvalue weighted by atomic mass is 10.2. The predicted molar refractivity (Wildman–Crippen MR) is 62.8 cm³/mol. The standard InChI is InChI=1S/C11H9F4N5O/c12-6-1-7(13)10(15)11(9(6)14)17-8(21)4-20-3-5(2-16)18-19-20/h1,3H,2,4,16H2,(H,17,21). The van der Waals surface area contributed by atoms with Gasteiger partial charge in [0, 0.05) is 12.6 Å². The number of hydrogen-bond acceptors (Lipinski definition) is 4. The van der Waals surface area contributed by atoms with Gasteiger partial charge in [-0.25, -0.2) is 22.2 Å². The zero-order valence-corrected chi connectivity index (χ0v) is 10.4. The Morgan fingerprint density at radius 2 is 1.86 bits per heavy atom. The second kappa shape index (κ2) is 5.87. The van der Waals surface area contributed by atoms with Crippen molar-refractivity contribution < 1.29 is 22.4 Å². The van der Waals surface area contributed by atoms with Gasteiger partial charge in [0.2, 0.25) is 5.91 Å². The largest absolute Gasteiger partial charge is 0.325 e. The van der Waals surface area contributed by atoms with Gasteiger partial charge in [0.15, 0.2) is 23.3 Å². The summed E-state index contributed by atoms with van der Waals surface area (Å²) in [6.07, 6.45) is 1.35. The minimum Gasteiger partial charge on any atom is -0.325 e. The van der Waals surface area contributed by atoms with Gasteiger partial charge in [-0.3, -0.25) is 4.79 Å². The van der Waals surface area contributed by atoms with Crippen molar-refractivity contribution in [2.75, 3.05) is 5.32 Å². The molecule has 0 bridgehead atoms. The summed E-state index contributed by atoms with van der Waals surface area (Å²) in [6.45, 7) is -0.357. The zero-order chi connectivity index (χ0) is 15.6. The molecule has 0 saturated carbocycles. The van der Waals surface area contributed by atoms with Crippen LogP contribution in [0.5, 0.6) is 0 Å². The van der Waals surface area contributed by atoms with Crippen LogP contribution in [-0.4, -0.2) is 20.9 Å². The second-order valence-electron chi connectivity index (χ2n) is 4.00. The van der Waals surface area contributed by atoms with Crippen molar-refractivity contribution in [3.05, 3.63) is 41.2 Å². The molecule has 0 radical (unpaired) electrons. The predicted octanol–water partition coefficient (Wildman–Crippen LogP) is 0.932. The SMILES string of the molecule is NCc1cn(CC(=O)Nc2c(F)c(F)cc(F)c2F)nn1. The molecule has 1 aromatic carbocycles. The molecule has 0 spiro atoms. The van der Waals surface area contributed by atoms with Gasteiger partial charge in [0.05, 0.1) is 11.9 Å². The van der Waals surface area contributed by atoms with Crippen molar-refractivity contribution in [3.63, 3.8) is 0 Å². The molecule has 6 nitrogen and oxygen atoms in total. The molecule has 0 aliphatic carbocycles. The van der Waals surface area contributed by atoms with Crippen molar-refractivity contribution in [2.24, 2.45) is 5.73 Å². The molecule has 10 heteroatoms. The third-order valence-electron chi connectivity index (χ3n) is 2.48. The molecule has 0 atom stereocenters. The van der Waals surface area contributed by atoms with E-state index in [-0.39, 0.29) is 12.6 Å². The topological polar surface area (TPSA) is 85.8 Å². The lowest BCUT2D eigenvalue weighted by molar-refractivity contribution is -0.117. The normalized spacial score (nSPS) is 10.7. The molecule has 0 unspecified atom stereocenters. The van der Waals surface area contributed by atoms with E-state index >= 15 is 0 Å². The highest BCUT2D eigenvalue weighted by atomic mass is 19.2. The smallest absolute Gasteiger partial charge is 0.246 e. The fourth-order valence-electron chi connectivity index (χ4n) is 1.52. The van der Waals surface area contributed by atoms with E-state index < -0.39 is 41.4 Å². The summed E-state index contributed by atoms with van der Waals surface area (Å²) in [5.41, 5.74) is 4.49. The lowest BCUT2D eigenvalue weighted by Gasteiger charge is -2.08. The van der Waals surface area contributed by atoms with Crippen LogP contribution in [0.3, 0.4) is 0 Å². The zero-order valence-electron chi connectivity index (χ0n) is 10.4. The number of anilines is 1. The molecule has 2 rings (SSSR count). The molecule has 2 aromatic rings. The number of amides is 1. The number of carbonyl (C=O) groups excluding carboxylic acids is 1. The molecule has 1 heterocycles. The number of nitrogens with two attached hydrogens (primary N) is 1. The second-order valence-corrected chi connectivity index (χ2v) is 4.00. The van der Waals surface area contributed by atoms with Crippen LogP contribution in [0.25, 0.3) is 0 Å². The van der Waals surface area contributed by atoms with Gasteiger partial charge in [0.1, 0.15) is 12.2 Å². The Bertz CT molecular complexity index is 661. The van der Waals surface area contributed by atoms with Crippen molar-refractivity contribution in [2.45, 2.75) is 13.1 Å². The van der Waals surface area contributed by atoms with Crippen LogP contribution < -0.4 is 11.1 Å². The molecule has 3 N–H and O–H groups in total. The Morgan fingerprint density at radius 3 is 2.38 bits per heavy atom. The average Bonchev–Trinajstić information content (AvgIpc) is 2.89. The van der Waals surface area contributed by atoms with Crippen molar-refractivity contribution in [3.8, 4) is 0 Å². The van der Waals surface area contributed by atoms with Gasteiger partial charge in [-0.1, -0.05) is 5.21 Å². The van der Waals surface area contributed by atoms with Crippen LogP contribution in [-0.2, 0) is 17.9 Å². The van der Waals surface area contributed by atoms with Gasteiger partial charge in [-0.15, -0.1) is 5.10 Å². The number of benzene rings is 1. The highest BCUT2D eigenvalue weighted by Gasteiger charge is 2.21. The number of nitrogens with zero attached hydrogens (tertiary/aromatic N) is 3. The maximum Gasteiger partial charge on any atom is 0.246 e. The van der Waals surface area contributed by atoms with E-state index in [4.69, 9.17) is 5.73 Å². The fraction of sp³-hybridized carbons (Fsp3) is 0.182. The Morgan fingerprint density at radius 1 is 1.24 bits per heavy atom. The molecular formula is C11H9F4N5O. The van der Waals surface area contributed by atoms with Gasteiger partial charge >= 0.3 is 0 Å². The van der Waals surface area contributed by atoms with E-state index in [9.17, 15) is 22.4 Å². The number of carbonyl (C=O) groups is 1. The van der Waals surface area contributed by atoms with E-state index in [1.54, 1.807) is 5.32 Å². The molecule has 0 aliphatic rings.